The van der Waals surface area contributed by atoms with Gasteiger partial charge in [0.15, 0.2) is 0 Å². The van der Waals surface area contributed by atoms with E-state index in [1.807, 2.05) is 30.0 Å². The Bertz CT molecular complexity index is 471. The van der Waals surface area contributed by atoms with Crippen LogP contribution in [0.25, 0.3) is 0 Å². The molecule has 1 N–H and O–H groups in total. The van der Waals surface area contributed by atoms with E-state index in [0.29, 0.717) is 13.0 Å². The molecule has 1 aromatic rings. The van der Waals surface area contributed by atoms with Crippen molar-refractivity contribution in [1.29, 1.82) is 0 Å². The second kappa shape index (κ2) is 5.02. The van der Waals surface area contributed by atoms with Crippen LogP contribution in [0.3, 0.4) is 0 Å². The monoisotopic (exact) mass is 310 g/mol. The summed E-state index contributed by atoms with van der Waals surface area (Å²) in [5, 5.41) is 3.40. The molecule has 0 saturated carbocycles. The number of nitrogens with one attached hydrogen (secondary N) is 1. The first kappa shape index (κ1) is 13.6. The molecule has 18 heavy (non-hydrogen) atoms. The molecule has 0 unspecified atom stereocenters. The van der Waals surface area contributed by atoms with Crippen LogP contribution >= 0.6 is 15.9 Å². The van der Waals surface area contributed by atoms with Gasteiger partial charge in [-0.15, -0.1) is 0 Å². The van der Waals surface area contributed by atoms with Crippen LogP contribution < -0.4 is 10.2 Å². The van der Waals surface area contributed by atoms with Crippen molar-refractivity contribution in [3.8, 4) is 0 Å². The standard InChI is InChI=1S/C14H19BrN2O/c1-10-4-5-12(11(15)8-10)17-7-6-16-14(2,3)9-13(17)18/h4-5,8,16H,6-7,9H2,1-3H3. The van der Waals surface area contributed by atoms with Gasteiger partial charge in [-0.2, -0.15) is 0 Å². The SMILES string of the molecule is Cc1ccc(N2CCNC(C)(C)CC2=O)c(Br)c1. The minimum absolute atomic E-state index is 0.122. The fourth-order valence-corrected chi connectivity index (χ4v) is 2.96. The topological polar surface area (TPSA) is 32.3 Å². The van der Waals surface area contributed by atoms with Gasteiger partial charge < -0.3 is 10.2 Å². The van der Waals surface area contributed by atoms with Gasteiger partial charge in [0.1, 0.15) is 0 Å². The van der Waals surface area contributed by atoms with E-state index in [-0.39, 0.29) is 11.4 Å². The van der Waals surface area contributed by atoms with Crippen LogP contribution in [-0.4, -0.2) is 24.5 Å². The maximum absolute atomic E-state index is 12.3. The summed E-state index contributed by atoms with van der Waals surface area (Å²) in [6, 6.07) is 6.10. The Morgan fingerprint density at radius 1 is 1.39 bits per heavy atom. The van der Waals surface area contributed by atoms with E-state index in [9.17, 15) is 4.79 Å². The largest absolute Gasteiger partial charge is 0.310 e. The number of aryl methyl sites for hydroxylation is 1. The quantitative estimate of drug-likeness (QED) is 0.865. The van der Waals surface area contributed by atoms with Gasteiger partial charge >= 0.3 is 0 Å². The van der Waals surface area contributed by atoms with Crippen molar-refractivity contribution < 1.29 is 4.79 Å². The molecule has 98 valence electrons. The van der Waals surface area contributed by atoms with Gasteiger partial charge in [-0.25, -0.2) is 0 Å². The predicted molar refractivity (Wildman–Crippen MR) is 77.9 cm³/mol. The van der Waals surface area contributed by atoms with Gasteiger partial charge in [0, 0.05) is 29.5 Å². The Morgan fingerprint density at radius 3 is 2.78 bits per heavy atom. The molecular weight excluding hydrogens is 292 g/mol. The highest BCUT2D eigenvalue weighted by molar-refractivity contribution is 9.10. The Hall–Kier alpha value is -0.870. The number of nitrogens with zero attached hydrogens (tertiary/aromatic N) is 1. The highest BCUT2D eigenvalue weighted by Gasteiger charge is 2.29. The van der Waals surface area contributed by atoms with Crippen molar-refractivity contribution in [2.24, 2.45) is 0 Å². The molecule has 0 aliphatic carbocycles. The molecule has 0 bridgehead atoms. The molecule has 3 nitrogen and oxygen atoms in total. The zero-order chi connectivity index (χ0) is 13.3. The maximum Gasteiger partial charge on any atom is 0.228 e. The lowest BCUT2D eigenvalue weighted by atomic mass is 10.0. The fraction of sp³-hybridized carbons (Fsp3) is 0.500. The van der Waals surface area contributed by atoms with E-state index in [2.05, 4.69) is 35.1 Å². The average Bonchev–Trinajstić information content (AvgIpc) is 2.36. The molecule has 0 radical (unpaired) electrons. The van der Waals surface area contributed by atoms with E-state index >= 15 is 0 Å². The Morgan fingerprint density at radius 2 is 2.11 bits per heavy atom. The summed E-state index contributed by atoms with van der Waals surface area (Å²) in [5.41, 5.74) is 2.03. The summed E-state index contributed by atoms with van der Waals surface area (Å²) in [6.07, 6.45) is 0.521. The number of halogens is 1. The van der Waals surface area contributed by atoms with Crippen molar-refractivity contribution in [3.05, 3.63) is 28.2 Å². The maximum atomic E-state index is 12.3. The van der Waals surface area contributed by atoms with Crippen LogP contribution in [0.2, 0.25) is 0 Å². The molecule has 0 aromatic heterocycles. The molecule has 1 amide bonds. The van der Waals surface area contributed by atoms with Crippen LogP contribution in [0.4, 0.5) is 5.69 Å². The van der Waals surface area contributed by atoms with Gasteiger partial charge in [-0.05, 0) is 54.4 Å². The molecule has 0 spiro atoms. The second-order valence-corrected chi connectivity index (χ2v) is 6.34. The molecule has 1 aliphatic heterocycles. The van der Waals surface area contributed by atoms with Crippen molar-refractivity contribution in [3.63, 3.8) is 0 Å². The third-order valence-corrected chi connectivity index (χ3v) is 3.86. The number of benzene rings is 1. The van der Waals surface area contributed by atoms with Gasteiger partial charge in [0.2, 0.25) is 5.91 Å². The van der Waals surface area contributed by atoms with E-state index in [1.165, 1.54) is 5.56 Å². The predicted octanol–water partition coefficient (Wildman–Crippen LogP) is 2.86. The number of hydrogen-bond acceptors (Lipinski definition) is 2. The highest BCUT2D eigenvalue weighted by atomic mass is 79.9. The van der Waals surface area contributed by atoms with Gasteiger partial charge in [-0.1, -0.05) is 6.07 Å². The summed E-state index contributed by atoms with van der Waals surface area (Å²) in [4.78, 5) is 14.2. The van der Waals surface area contributed by atoms with E-state index < -0.39 is 0 Å². The Balaban J connectivity index is 2.30. The Kier molecular flexibility index (Phi) is 3.78. The lowest BCUT2D eigenvalue weighted by Crippen LogP contribution is -2.39. The first-order valence-electron chi connectivity index (χ1n) is 6.21. The smallest absolute Gasteiger partial charge is 0.228 e. The first-order chi connectivity index (χ1) is 8.39. The number of rotatable bonds is 1. The molecule has 2 rings (SSSR count). The lowest BCUT2D eigenvalue weighted by Gasteiger charge is -2.24. The first-order valence-corrected chi connectivity index (χ1v) is 7.00. The molecule has 1 saturated heterocycles. The van der Waals surface area contributed by atoms with Crippen molar-refractivity contribution in [1.82, 2.24) is 5.32 Å². The molecule has 1 aliphatic rings. The number of hydrogen-bond donors (Lipinski definition) is 1. The van der Waals surface area contributed by atoms with Gasteiger partial charge in [0.05, 0.1) is 5.69 Å². The van der Waals surface area contributed by atoms with Crippen LogP contribution in [-0.2, 0) is 4.79 Å². The van der Waals surface area contributed by atoms with Crippen LogP contribution in [0.5, 0.6) is 0 Å². The normalized spacial score (nSPS) is 19.8. The van der Waals surface area contributed by atoms with E-state index in [4.69, 9.17) is 0 Å². The van der Waals surface area contributed by atoms with Crippen molar-refractivity contribution >= 4 is 27.5 Å². The zero-order valence-electron chi connectivity index (χ0n) is 11.1. The summed E-state index contributed by atoms with van der Waals surface area (Å²) in [6.45, 7) is 7.71. The van der Waals surface area contributed by atoms with E-state index in [0.717, 1.165) is 16.7 Å². The summed E-state index contributed by atoms with van der Waals surface area (Å²) in [5.74, 6) is 0.176. The Labute approximate surface area is 117 Å². The molecule has 1 heterocycles. The van der Waals surface area contributed by atoms with Crippen LogP contribution in [0.15, 0.2) is 22.7 Å². The average molecular weight is 311 g/mol. The number of carbonyl (C=O) groups is 1. The third kappa shape index (κ3) is 2.93. The molecule has 4 heteroatoms. The fourth-order valence-electron chi connectivity index (χ4n) is 2.25. The lowest BCUT2D eigenvalue weighted by molar-refractivity contribution is -0.119. The van der Waals surface area contributed by atoms with Gasteiger partial charge in [-0.3, -0.25) is 4.79 Å². The van der Waals surface area contributed by atoms with Gasteiger partial charge in [0.25, 0.3) is 0 Å². The van der Waals surface area contributed by atoms with Crippen LogP contribution in [0.1, 0.15) is 25.8 Å². The van der Waals surface area contributed by atoms with E-state index in [1.54, 1.807) is 0 Å². The van der Waals surface area contributed by atoms with Crippen LogP contribution in [0, 0.1) is 6.92 Å². The second-order valence-electron chi connectivity index (χ2n) is 5.49. The van der Waals surface area contributed by atoms with Crippen molar-refractivity contribution in [2.45, 2.75) is 32.7 Å². The molecular formula is C14H19BrN2O. The number of anilines is 1. The molecule has 1 fully saturated rings. The molecule has 0 atom stereocenters. The highest BCUT2D eigenvalue weighted by Crippen LogP contribution is 2.29. The zero-order valence-corrected chi connectivity index (χ0v) is 12.7. The number of amides is 1. The minimum Gasteiger partial charge on any atom is -0.310 e. The third-order valence-electron chi connectivity index (χ3n) is 3.23. The summed E-state index contributed by atoms with van der Waals surface area (Å²) < 4.78 is 0.982. The summed E-state index contributed by atoms with van der Waals surface area (Å²) in [7, 11) is 0. The number of carbonyl (C=O) groups excluding carboxylic acids is 1. The summed E-state index contributed by atoms with van der Waals surface area (Å²) >= 11 is 3.55. The minimum atomic E-state index is -0.122. The van der Waals surface area contributed by atoms with Crippen molar-refractivity contribution in [2.75, 3.05) is 18.0 Å². The molecule has 1 aromatic carbocycles.